The predicted molar refractivity (Wildman–Crippen MR) is 84.1 cm³/mol. The lowest BCUT2D eigenvalue weighted by Crippen LogP contribution is -2.55. The maximum Gasteiger partial charge on any atom is 0.125 e. The van der Waals surface area contributed by atoms with Crippen LogP contribution in [0.3, 0.4) is 0 Å². The van der Waals surface area contributed by atoms with Gasteiger partial charge in [0.25, 0.3) is 0 Å². The number of rotatable bonds is 1. The fourth-order valence-electron chi connectivity index (χ4n) is 4.47. The molecule has 2 unspecified atom stereocenters. The number of ether oxygens (including phenoxy) is 1. The Morgan fingerprint density at radius 3 is 2.57 bits per heavy atom. The van der Waals surface area contributed by atoms with E-state index in [0.717, 1.165) is 25.9 Å². The van der Waals surface area contributed by atoms with Gasteiger partial charge in [0.15, 0.2) is 0 Å². The van der Waals surface area contributed by atoms with Crippen LogP contribution in [-0.2, 0) is 4.74 Å². The molecule has 3 heterocycles. The minimum absolute atomic E-state index is 0.0120. The van der Waals surface area contributed by atoms with E-state index in [1.807, 2.05) is 0 Å². The summed E-state index contributed by atoms with van der Waals surface area (Å²) in [6, 6.07) is 11.5. The van der Waals surface area contributed by atoms with E-state index in [2.05, 4.69) is 47.2 Å². The van der Waals surface area contributed by atoms with Crippen LogP contribution >= 0.6 is 0 Å². The molecule has 21 heavy (non-hydrogen) atoms. The lowest BCUT2D eigenvalue weighted by Gasteiger charge is -2.45. The molecule has 3 fully saturated rings. The Kier molecular flexibility index (Phi) is 3.52. The third-order valence-electron chi connectivity index (χ3n) is 5.66. The Balaban J connectivity index is 1.65. The maximum absolute atomic E-state index is 6.77. The molecule has 3 nitrogen and oxygen atoms in total. The number of fused-ring (bicyclic) bond motifs is 2. The molecule has 0 saturated carbocycles. The molecule has 0 N–H and O–H groups in total. The molecule has 1 spiro atoms. The average Bonchev–Trinajstić information content (AvgIpc) is 2.87. The van der Waals surface area contributed by atoms with Gasteiger partial charge in [-0.25, -0.2) is 0 Å². The van der Waals surface area contributed by atoms with Gasteiger partial charge in [-0.3, -0.25) is 4.90 Å². The van der Waals surface area contributed by atoms with Crippen LogP contribution < -0.4 is 0 Å². The Hall–Kier alpha value is -0.900. The number of nitrogens with zero attached hydrogens (tertiary/aromatic N) is 2. The first-order chi connectivity index (χ1) is 10.3. The molecular formula is C18H26N2O. The lowest BCUT2D eigenvalue weighted by atomic mass is 9.91. The first kappa shape index (κ1) is 13.7. The van der Waals surface area contributed by atoms with Gasteiger partial charge in [-0.05, 0) is 25.5 Å². The van der Waals surface area contributed by atoms with E-state index in [1.165, 1.54) is 31.4 Å². The summed E-state index contributed by atoms with van der Waals surface area (Å²) in [7, 11) is 2.23. The topological polar surface area (TPSA) is 15.7 Å². The monoisotopic (exact) mass is 286 g/mol. The van der Waals surface area contributed by atoms with E-state index in [4.69, 9.17) is 4.74 Å². The third kappa shape index (κ3) is 2.32. The summed E-state index contributed by atoms with van der Waals surface area (Å²) in [6.07, 6.45) is 6.56. The number of hydrogen-bond acceptors (Lipinski definition) is 3. The van der Waals surface area contributed by atoms with Crippen LogP contribution in [0, 0.1) is 0 Å². The van der Waals surface area contributed by atoms with Gasteiger partial charge in [-0.15, -0.1) is 0 Å². The number of likely N-dealkylation sites (tertiary alicyclic amines) is 1. The zero-order valence-corrected chi connectivity index (χ0v) is 13.0. The SMILES string of the molecule is CN1CCC2(CC1)OC(c1ccccc1)C1CCCCN12. The van der Waals surface area contributed by atoms with Crippen molar-refractivity contribution in [3.8, 4) is 0 Å². The first-order valence-corrected chi connectivity index (χ1v) is 8.47. The zero-order chi connectivity index (χ0) is 14.3. The minimum atomic E-state index is 0.0120. The van der Waals surface area contributed by atoms with Crippen molar-refractivity contribution < 1.29 is 4.74 Å². The van der Waals surface area contributed by atoms with Crippen molar-refractivity contribution in [1.82, 2.24) is 9.80 Å². The summed E-state index contributed by atoms with van der Waals surface area (Å²) in [5, 5.41) is 0. The van der Waals surface area contributed by atoms with Crippen molar-refractivity contribution >= 4 is 0 Å². The molecule has 0 amide bonds. The van der Waals surface area contributed by atoms with Crippen LogP contribution in [0.25, 0.3) is 0 Å². The van der Waals surface area contributed by atoms with Crippen LogP contribution in [0.1, 0.15) is 43.8 Å². The zero-order valence-electron chi connectivity index (χ0n) is 13.0. The highest BCUT2D eigenvalue weighted by Gasteiger charge is 2.54. The highest BCUT2D eigenvalue weighted by atomic mass is 16.5. The molecule has 4 rings (SSSR count). The Morgan fingerprint density at radius 1 is 1.05 bits per heavy atom. The average molecular weight is 286 g/mol. The first-order valence-electron chi connectivity index (χ1n) is 8.47. The second-order valence-corrected chi connectivity index (χ2v) is 6.96. The van der Waals surface area contributed by atoms with Crippen molar-refractivity contribution in [2.24, 2.45) is 0 Å². The Bertz CT molecular complexity index is 481. The maximum atomic E-state index is 6.77. The number of hydrogen-bond donors (Lipinski definition) is 0. The summed E-state index contributed by atoms with van der Waals surface area (Å²) < 4.78 is 6.77. The van der Waals surface area contributed by atoms with E-state index in [9.17, 15) is 0 Å². The van der Waals surface area contributed by atoms with Gasteiger partial charge in [-0.1, -0.05) is 36.8 Å². The molecule has 2 atom stereocenters. The molecule has 3 aliphatic heterocycles. The quantitative estimate of drug-likeness (QED) is 0.789. The van der Waals surface area contributed by atoms with E-state index in [-0.39, 0.29) is 11.8 Å². The smallest absolute Gasteiger partial charge is 0.125 e. The van der Waals surface area contributed by atoms with Crippen LogP contribution in [0.15, 0.2) is 30.3 Å². The highest BCUT2D eigenvalue weighted by molar-refractivity contribution is 5.22. The van der Waals surface area contributed by atoms with Crippen molar-refractivity contribution in [3.63, 3.8) is 0 Å². The van der Waals surface area contributed by atoms with Crippen molar-refractivity contribution in [1.29, 1.82) is 0 Å². The molecule has 0 bridgehead atoms. The van der Waals surface area contributed by atoms with Gasteiger partial charge in [-0.2, -0.15) is 0 Å². The standard InChI is InChI=1S/C18H26N2O/c1-19-13-10-18(11-14-19)20-12-6-5-9-16(20)17(21-18)15-7-3-2-4-8-15/h2-4,7-8,16-17H,5-6,9-14H2,1H3. The second-order valence-electron chi connectivity index (χ2n) is 6.96. The molecule has 1 aromatic carbocycles. The summed E-state index contributed by atoms with van der Waals surface area (Å²) >= 11 is 0. The van der Waals surface area contributed by atoms with E-state index < -0.39 is 0 Å². The molecule has 3 heteroatoms. The molecule has 0 aliphatic carbocycles. The summed E-state index contributed by atoms with van der Waals surface area (Å²) in [6.45, 7) is 3.53. The van der Waals surface area contributed by atoms with E-state index in [0.29, 0.717) is 6.04 Å². The van der Waals surface area contributed by atoms with Crippen molar-refractivity contribution in [2.75, 3.05) is 26.7 Å². The molecular weight excluding hydrogens is 260 g/mol. The number of piperidine rings is 2. The van der Waals surface area contributed by atoms with Crippen LogP contribution in [0.4, 0.5) is 0 Å². The fourth-order valence-corrected chi connectivity index (χ4v) is 4.47. The van der Waals surface area contributed by atoms with Gasteiger partial charge in [0.1, 0.15) is 11.8 Å². The normalized spacial score (nSPS) is 33.2. The van der Waals surface area contributed by atoms with Gasteiger partial charge < -0.3 is 9.64 Å². The van der Waals surface area contributed by atoms with Crippen LogP contribution in [0.5, 0.6) is 0 Å². The molecule has 0 aromatic heterocycles. The van der Waals surface area contributed by atoms with Gasteiger partial charge in [0.2, 0.25) is 0 Å². The second kappa shape index (κ2) is 5.38. The largest absolute Gasteiger partial charge is 0.351 e. The summed E-state index contributed by atoms with van der Waals surface area (Å²) in [5.41, 5.74) is 1.38. The predicted octanol–water partition coefficient (Wildman–Crippen LogP) is 3.03. The van der Waals surface area contributed by atoms with Gasteiger partial charge in [0.05, 0.1) is 0 Å². The van der Waals surface area contributed by atoms with Gasteiger partial charge >= 0.3 is 0 Å². The van der Waals surface area contributed by atoms with Crippen molar-refractivity contribution in [2.45, 2.75) is 50.0 Å². The number of benzene rings is 1. The summed E-state index contributed by atoms with van der Waals surface area (Å²) in [5.74, 6) is 0. The van der Waals surface area contributed by atoms with Gasteiger partial charge in [0, 0.05) is 38.5 Å². The lowest BCUT2D eigenvalue weighted by molar-refractivity contribution is -0.138. The molecule has 1 aromatic rings. The Morgan fingerprint density at radius 2 is 1.81 bits per heavy atom. The van der Waals surface area contributed by atoms with Crippen LogP contribution in [-0.4, -0.2) is 48.2 Å². The highest BCUT2D eigenvalue weighted by Crippen LogP contribution is 2.49. The Labute approximate surface area is 127 Å². The van der Waals surface area contributed by atoms with E-state index in [1.54, 1.807) is 0 Å². The molecule has 114 valence electrons. The van der Waals surface area contributed by atoms with E-state index >= 15 is 0 Å². The minimum Gasteiger partial charge on any atom is -0.351 e. The van der Waals surface area contributed by atoms with Crippen molar-refractivity contribution in [3.05, 3.63) is 35.9 Å². The molecule has 0 radical (unpaired) electrons. The molecule has 3 saturated heterocycles. The summed E-state index contributed by atoms with van der Waals surface area (Å²) in [4.78, 5) is 5.16. The van der Waals surface area contributed by atoms with Crippen LogP contribution in [0.2, 0.25) is 0 Å². The third-order valence-corrected chi connectivity index (χ3v) is 5.66. The molecule has 3 aliphatic rings. The fraction of sp³-hybridized carbons (Fsp3) is 0.667.